The number of nitrogens with zero attached hydrogens (tertiary/aromatic N) is 1. The molecule has 1 heterocycles. The molecule has 0 fully saturated rings. The van der Waals surface area contributed by atoms with Crippen LogP contribution in [0.4, 0.5) is 5.69 Å². The van der Waals surface area contributed by atoms with Crippen LogP contribution < -0.4 is 4.74 Å². The molecular weight excluding hydrogens is 282 g/mol. The lowest BCUT2D eigenvalue weighted by atomic mass is 10.2. The fourth-order valence-electron chi connectivity index (χ4n) is 1.64. The molecule has 0 aliphatic carbocycles. The number of non-ortho nitro benzene ring substituents is 1. The summed E-state index contributed by atoms with van der Waals surface area (Å²) >= 11 is 1.57. The van der Waals surface area contributed by atoms with E-state index in [-0.39, 0.29) is 17.0 Å². The van der Waals surface area contributed by atoms with Gasteiger partial charge in [-0.2, -0.15) is 11.3 Å². The predicted molar refractivity (Wildman–Crippen MR) is 73.6 cm³/mol. The Morgan fingerprint density at radius 1 is 1.40 bits per heavy atom. The van der Waals surface area contributed by atoms with Crippen LogP contribution in [0.5, 0.6) is 5.75 Å². The lowest BCUT2D eigenvalue weighted by molar-refractivity contribution is -0.384. The van der Waals surface area contributed by atoms with Gasteiger partial charge in [0.25, 0.3) is 5.69 Å². The smallest absolute Gasteiger partial charge is 0.339 e. The number of carboxylic acid groups (broad SMARTS) is 1. The number of rotatable bonds is 6. The van der Waals surface area contributed by atoms with E-state index < -0.39 is 10.9 Å². The van der Waals surface area contributed by atoms with Crippen molar-refractivity contribution in [2.75, 3.05) is 6.61 Å². The topological polar surface area (TPSA) is 89.7 Å². The zero-order valence-electron chi connectivity index (χ0n) is 10.3. The van der Waals surface area contributed by atoms with Crippen LogP contribution in [0.15, 0.2) is 35.0 Å². The predicted octanol–water partition coefficient (Wildman–Crippen LogP) is 2.98. The first-order valence-electron chi connectivity index (χ1n) is 5.73. The molecule has 1 aromatic carbocycles. The molecule has 2 rings (SSSR count). The Kier molecular flexibility index (Phi) is 4.31. The minimum atomic E-state index is -1.25. The molecule has 0 spiro atoms. The zero-order valence-corrected chi connectivity index (χ0v) is 11.1. The molecule has 0 aliphatic rings. The van der Waals surface area contributed by atoms with E-state index in [1.165, 1.54) is 12.1 Å². The molecule has 6 nitrogen and oxygen atoms in total. The number of benzene rings is 1. The van der Waals surface area contributed by atoms with E-state index in [0.29, 0.717) is 13.0 Å². The van der Waals surface area contributed by atoms with Crippen molar-refractivity contribution in [3.8, 4) is 5.75 Å². The number of ether oxygens (including phenoxy) is 1. The van der Waals surface area contributed by atoms with Crippen molar-refractivity contribution in [3.05, 3.63) is 56.3 Å². The quantitative estimate of drug-likeness (QED) is 0.653. The van der Waals surface area contributed by atoms with Crippen molar-refractivity contribution >= 4 is 23.0 Å². The third kappa shape index (κ3) is 3.33. The van der Waals surface area contributed by atoms with Crippen LogP contribution in [0.2, 0.25) is 0 Å². The maximum atomic E-state index is 11.1. The highest BCUT2D eigenvalue weighted by Gasteiger charge is 2.17. The fourth-order valence-corrected chi connectivity index (χ4v) is 2.34. The molecule has 0 unspecified atom stereocenters. The minimum Gasteiger partial charge on any atom is -0.492 e. The summed E-state index contributed by atoms with van der Waals surface area (Å²) in [7, 11) is 0. The maximum Gasteiger partial charge on any atom is 0.339 e. The molecular formula is C13H11NO5S. The van der Waals surface area contributed by atoms with Crippen LogP contribution >= 0.6 is 11.3 Å². The first-order valence-corrected chi connectivity index (χ1v) is 6.68. The Hall–Kier alpha value is -2.41. The van der Waals surface area contributed by atoms with Crippen LogP contribution in [-0.2, 0) is 6.42 Å². The van der Waals surface area contributed by atoms with E-state index in [1.807, 2.05) is 16.8 Å². The molecule has 0 saturated carbocycles. The van der Waals surface area contributed by atoms with Gasteiger partial charge in [0.2, 0.25) is 0 Å². The van der Waals surface area contributed by atoms with Crippen LogP contribution in [-0.4, -0.2) is 22.6 Å². The third-order valence-corrected chi connectivity index (χ3v) is 3.36. The number of carboxylic acids is 1. The van der Waals surface area contributed by atoms with Gasteiger partial charge in [0.15, 0.2) is 0 Å². The second-order valence-electron chi connectivity index (χ2n) is 3.97. The average Bonchev–Trinajstić information content (AvgIpc) is 2.91. The first kappa shape index (κ1) is 14.0. The molecule has 1 N–H and O–H groups in total. The number of nitro groups is 1. The Balaban J connectivity index is 2.10. The summed E-state index contributed by atoms with van der Waals surface area (Å²) in [5.74, 6) is -1.11. The highest BCUT2D eigenvalue weighted by Crippen LogP contribution is 2.24. The van der Waals surface area contributed by atoms with E-state index in [1.54, 1.807) is 11.3 Å². The van der Waals surface area contributed by atoms with Crippen LogP contribution in [0.1, 0.15) is 15.9 Å². The number of hydrogen-bond acceptors (Lipinski definition) is 5. The highest BCUT2D eigenvalue weighted by atomic mass is 32.1. The summed E-state index contributed by atoms with van der Waals surface area (Å²) < 4.78 is 5.41. The van der Waals surface area contributed by atoms with Crippen molar-refractivity contribution in [3.63, 3.8) is 0 Å². The fraction of sp³-hybridized carbons (Fsp3) is 0.154. The molecule has 20 heavy (non-hydrogen) atoms. The number of aromatic carboxylic acids is 1. The standard InChI is InChI=1S/C13H11NO5S/c15-13(16)11-7-10(14(17)18)1-2-12(11)19-5-3-9-4-6-20-8-9/h1-2,4,6-8H,3,5H2,(H,15,16). The minimum absolute atomic E-state index is 0.137. The van der Waals surface area contributed by atoms with Gasteiger partial charge in [-0.1, -0.05) is 0 Å². The summed E-state index contributed by atoms with van der Waals surface area (Å²) in [5, 5.41) is 23.6. The molecule has 0 radical (unpaired) electrons. The highest BCUT2D eigenvalue weighted by molar-refractivity contribution is 7.07. The van der Waals surface area contributed by atoms with Gasteiger partial charge in [0.05, 0.1) is 11.5 Å². The van der Waals surface area contributed by atoms with Crippen LogP contribution in [0.25, 0.3) is 0 Å². The van der Waals surface area contributed by atoms with Crippen molar-refractivity contribution in [2.24, 2.45) is 0 Å². The Bertz CT molecular complexity index is 624. The normalized spacial score (nSPS) is 10.2. The molecule has 0 atom stereocenters. The Morgan fingerprint density at radius 3 is 2.80 bits per heavy atom. The maximum absolute atomic E-state index is 11.1. The Morgan fingerprint density at radius 2 is 2.20 bits per heavy atom. The first-order chi connectivity index (χ1) is 9.58. The zero-order chi connectivity index (χ0) is 14.5. The largest absolute Gasteiger partial charge is 0.492 e. The number of carbonyl (C=O) groups is 1. The molecule has 0 bridgehead atoms. The average molecular weight is 293 g/mol. The molecule has 104 valence electrons. The summed E-state index contributed by atoms with van der Waals surface area (Å²) in [4.78, 5) is 21.1. The number of thiophene rings is 1. The van der Waals surface area contributed by atoms with Crippen molar-refractivity contribution in [1.29, 1.82) is 0 Å². The molecule has 1 aromatic heterocycles. The van der Waals surface area contributed by atoms with Gasteiger partial charge in [-0.25, -0.2) is 4.79 Å². The molecule has 0 amide bonds. The lowest BCUT2D eigenvalue weighted by Gasteiger charge is -2.08. The summed E-state index contributed by atoms with van der Waals surface area (Å²) in [6.45, 7) is 0.314. The third-order valence-electron chi connectivity index (χ3n) is 2.63. The van der Waals surface area contributed by atoms with Gasteiger partial charge in [-0.05, 0) is 28.5 Å². The summed E-state index contributed by atoms with van der Waals surface area (Å²) in [6, 6.07) is 5.51. The number of nitro benzene ring substituents is 1. The van der Waals surface area contributed by atoms with Crippen molar-refractivity contribution < 1.29 is 19.6 Å². The van der Waals surface area contributed by atoms with Gasteiger partial charge in [-0.3, -0.25) is 10.1 Å². The lowest BCUT2D eigenvalue weighted by Crippen LogP contribution is -2.06. The van der Waals surface area contributed by atoms with Crippen LogP contribution in [0, 0.1) is 10.1 Å². The van der Waals surface area contributed by atoms with Crippen molar-refractivity contribution in [1.82, 2.24) is 0 Å². The van der Waals surface area contributed by atoms with E-state index in [4.69, 9.17) is 9.84 Å². The molecule has 2 aromatic rings. The number of hydrogen-bond donors (Lipinski definition) is 1. The Labute approximate surface area is 118 Å². The van der Waals surface area contributed by atoms with E-state index in [9.17, 15) is 14.9 Å². The van der Waals surface area contributed by atoms with Gasteiger partial charge >= 0.3 is 5.97 Å². The SMILES string of the molecule is O=C(O)c1cc([N+](=O)[O-])ccc1OCCc1ccsc1. The molecule has 0 saturated heterocycles. The van der Waals surface area contributed by atoms with Crippen molar-refractivity contribution in [2.45, 2.75) is 6.42 Å². The molecule has 0 aliphatic heterocycles. The molecule has 7 heteroatoms. The van der Waals surface area contributed by atoms with Gasteiger partial charge in [0.1, 0.15) is 11.3 Å². The van der Waals surface area contributed by atoms with Gasteiger partial charge in [-0.15, -0.1) is 0 Å². The van der Waals surface area contributed by atoms with E-state index in [2.05, 4.69) is 0 Å². The summed E-state index contributed by atoms with van der Waals surface area (Å²) in [5.41, 5.74) is 0.630. The van der Waals surface area contributed by atoms with Gasteiger partial charge < -0.3 is 9.84 Å². The van der Waals surface area contributed by atoms with E-state index >= 15 is 0 Å². The summed E-state index contributed by atoms with van der Waals surface area (Å²) in [6.07, 6.45) is 0.652. The van der Waals surface area contributed by atoms with E-state index in [0.717, 1.165) is 11.6 Å². The second kappa shape index (κ2) is 6.16. The van der Waals surface area contributed by atoms with Gasteiger partial charge in [0, 0.05) is 18.6 Å². The second-order valence-corrected chi connectivity index (χ2v) is 4.75. The van der Waals surface area contributed by atoms with Crippen LogP contribution in [0.3, 0.4) is 0 Å². The monoisotopic (exact) mass is 293 g/mol.